The fourth-order valence-corrected chi connectivity index (χ4v) is 1.33. The van der Waals surface area contributed by atoms with Crippen molar-refractivity contribution in [2.45, 2.75) is 19.5 Å². The number of hydrogen-bond donors (Lipinski definition) is 2. The van der Waals surface area contributed by atoms with E-state index in [2.05, 4.69) is 10.3 Å². The number of halogens is 3. The molecule has 1 heterocycles. The summed E-state index contributed by atoms with van der Waals surface area (Å²) >= 11 is 0. The third-order valence-corrected chi connectivity index (χ3v) is 2.41. The Balaban J connectivity index is 2.71. The van der Waals surface area contributed by atoms with Crippen LogP contribution in [0, 0.1) is 5.92 Å². The molecule has 4 nitrogen and oxygen atoms in total. The number of carboxylic acid groups (broad SMARTS) is 1. The highest BCUT2D eigenvalue weighted by atomic mass is 19.4. The molecule has 1 aromatic rings. The number of rotatable bonds is 5. The second-order valence-corrected chi connectivity index (χ2v) is 3.73. The molecule has 0 amide bonds. The van der Waals surface area contributed by atoms with Crippen molar-refractivity contribution in [1.29, 1.82) is 0 Å². The normalized spacial score (nSPS) is 13.1. The molecule has 18 heavy (non-hydrogen) atoms. The van der Waals surface area contributed by atoms with Gasteiger partial charge in [-0.05, 0) is 18.6 Å². The van der Waals surface area contributed by atoms with Crippen LogP contribution >= 0.6 is 0 Å². The molecule has 0 saturated heterocycles. The van der Waals surface area contributed by atoms with Crippen molar-refractivity contribution < 1.29 is 23.1 Å². The largest absolute Gasteiger partial charge is 0.481 e. The molecule has 2 N–H and O–H groups in total. The molecular weight excluding hydrogens is 249 g/mol. The predicted octanol–water partition coefficient (Wildman–Crippen LogP) is 2.62. The first-order valence-corrected chi connectivity index (χ1v) is 5.35. The van der Waals surface area contributed by atoms with Crippen LogP contribution in [0.2, 0.25) is 0 Å². The minimum atomic E-state index is -4.51. The lowest BCUT2D eigenvalue weighted by atomic mass is 10.1. The molecule has 0 spiro atoms. The van der Waals surface area contributed by atoms with Gasteiger partial charge in [-0.15, -0.1) is 0 Å². The van der Waals surface area contributed by atoms with E-state index in [-0.39, 0.29) is 12.4 Å². The molecule has 1 unspecified atom stereocenters. The number of carbonyl (C=O) groups is 1. The maximum atomic E-state index is 12.4. The zero-order chi connectivity index (χ0) is 13.8. The Kier molecular flexibility index (Phi) is 4.52. The van der Waals surface area contributed by atoms with Gasteiger partial charge in [0.2, 0.25) is 0 Å². The van der Waals surface area contributed by atoms with E-state index >= 15 is 0 Å². The van der Waals surface area contributed by atoms with Crippen LogP contribution in [-0.4, -0.2) is 22.6 Å². The molecule has 1 aromatic heterocycles. The summed E-state index contributed by atoms with van der Waals surface area (Å²) in [4.78, 5) is 14.1. The molecule has 7 heteroatoms. The van der Waals surface area contributed by atoms with Gasteiger partial charge in [0.25, 0.3) is 0 Å². The smallest absolute Gasteiger partial charge is 0.433 e. The molecule has 0 aliphatic rings. The molecule has 0 aliphatic heterocycles. The first-order valence-electron chi connectivity index (χ1n) is 5.35. The highest BCUT2D eigenvalue weighted by Gasteiger charge is 2.32. The summed E-state index contributed by atoms with van der Waals surface area (Å²) < 4.78 is 37.1. The predicted molar refractivity (Wildman–Crippen MR) is 59.1 cm³/mol. The fourth-order valence-electron chi connectivity index (χ4n) is 1.33. The summed E-state index contributed by atoms with van der Waals surface area (Å²) in [6.45, 7) is 1.74. The average Bonchev–Trinajstić information content (AvgIpc) is 2.28. The Hall–Kier alpha value is -1.79. The molecular formula is C11H13F3N2O2. The van der Waals surface area contributed by atoms with Crippen molar-refractivity contribution in [3.63, 3.8) is 0 Å². The first kappa shape index (κ1) is 14.3. The van der Waals surface area contributed by atoms with Crippen LogP contribution in [0.15, 0.2) is 18.2 Å². The van der Waals surface area contributed by atoms with Gasteiger partial charge in [-0.3, -0.25) is 4.79 Å². The van der Waals surface area contributed by atoms with Crippen molar-refractivity contribution in [3.05, 3.63) is 23.9 Å². The van der Waals surface area contributed by atoms with Crippen LogP contribution in [0.4, 0.5) is 19.0 Å². The summed E-state index contributed by atoms with van der Waals surface area (Å²) in [7, 11) is 0. The summed E-state index contributed by atoms with van der Waals surface area (Å²) in [6, 6.07) is 3.45. The third kappa shape index (κ3) is 3.90. The number of nitrogens with zero attached hydrogens (tertiary/aromatic N) is 1. The standard InChI is InChI=1S/C11H13F3N2O2/c1-2-7(10(17)18)6-15-9-5-3-4-8(16-9)11(12,13)14/h3-5,7H,2,6H2,1H3,(H,15,16)(H,17,18). The molecule has 0 bridgehead atoms. The lowest BCUT2D eigenvalue weighted by Crippen LogP contribution is -2.22. The Morgan fingerprint density at radius 3 is 2.67 bits per heavy atom. The molecule has 0 aromatic carbocycles. The molecule has 1 atom stereocenters. The number of hydrogen-bond acceptors (Lipinski definition) is 3. The van der Waals surface area contributed by atoms with Crippen LogP contribution in [-0.2, 0) is 11.0 Å². The van der Waals surface area contributed by atoms with E-state index < -0.39 is 23.8 Å². The monoisotopic (exact) mass is 262 g/mol. The second-order valence-electron chi connectivity index (χ2n) is 3.73. The topological polar surface area (TPSA) is 62.2 Å². The van der Waals surface area contributed by atoms with E-state index in [1.54, 1.807) is 6.92 Å². The number of carboxylic acids is 1. The van der Waals surface area contributed by atoms with Gasteiger partial charge in [-0.25, -0.2) is 4.98 Å². The highest BCUT2D eigenvalue weighted by molar-refractivity contribution is 5.70. The van der Waals surface area contributed by atoms with Gasteiger partial charge in [-0.1, -0.05) is 13.0 Å². The Morgan fingerprint density at radius 1 is 1.50 bits per heavy atom. The maximum Gasteiger partial charge on any atom is 0.433 e. The average molecular weight is 262 g/mol. The van der Waals surface area contributed by atoms with Crippen molar-refractivity contribution in [2.75, 3.05) is 11.9 Å². The number of aromatic nitrogens is 1. The molecule has 100 valence electrons. The summed E-state index contributed by atoms with van der Waals surface area (Å²) in [5, 5.41) is 11.4. The highest BCUT2D eigenvalue weighted by Crippen LogP contribution is 2.28. The Labute approximate surface area is 102 Å². The summed E-state index contributed by atoms with van der Waals surface area (Å²) in [6.07, 6.45) is -4.12. The summed E-state index contributed by atoms with van der Waals surface area (Å²) in [5.41, 5.74) is -1.00. The van der Waals surface area contributed by atoms with Crippen LogP contribution < -0.4 is 5.32 Å². The van der Waals surface area contributed by atoms with Gasteiger partial charge >= 0.3 is 12.1 Å². The number of anilines is 1. The number of nitrogens with one attached hydrogen (secondary N) is 1. The van der Waals surface area contributed by atoms with Crippen LogP contribution in [0.25, 0.3) is 0 Å². The van der Waals surface area contributed by atoms with E-state index in [1.807, 2.05) is 0 Å². The Morgan fingerprint density at radius 2 is 2.17 bits per heavy atom. The van der Waals surface area contributed by atoms with E-state index in [9.17, 15) is 18.0 Å². The zero-order valence-corrected chi connectivity index (χ0v) is 9.66. The van der Waals surface area contributed by atoms with Crippen molar-refractivity contribution in [3.8, 4) is 0 Å². The molecule has 1 rings (SSSR count). The summed E-state index contributed by atoms with van der Waals surface area (Å²) in [5.74, 6) is -1.62. The SMILES string of the molecule is CCC(CNc1cccc(C(F)(F)F)n1)C(=O)O. The minimum absolute atomic E-state index is 0.0181. The Bertz CT molecular complexity index is 421. The number of aliphatic carboxylic acids is 1. The molecule has 0 fully saturated rings. The lowest BCUT2D eigenvalue weighted by Gasteiger charge is -2.12. The van der Waals surface area contributed by atoms with E-state index in [0.717, 1.165) is 6.07 Å². The zero-order valence-electron chi connectivity index (χ0n) is 9.66. The van der Waals surface area contributed by atoms with E-state index in [1.165, 1.54) is 12.1 Å². The van der Waals surface area contributed by atoms with Gasteiger partial charge in [0.1, 0.15) is 11.5 Å². The van der Waals surface area contributed by atoms with Gasteiger partial charge < -0.3 is 10.4 Å². The molecule has 0 radical (unpaired) electrons. The van der Waals surface area contributed by atoms with Crippen LogP contribution in [0.1, 0.15) is 19.0 Å². The van der Waals surface area contributed by atoms with Gasteiger partial charge in [-0.2, -0.15) is 13.2 Å². The minimum Gasteiger partial charge on any atom is -0.481 e. The number of pyridine rings is 1. The van der Waals surface area contributed by atoms with Gasteiger partial charge in [0.05, 0.1) is 5.92 Å². The third-order valence-electron chi connectivity index (χ3n) is 2.41. The van der Waals surface area contributed by atoms with Crippen molar-refractivity contribution in [2.24, 2.45) is 5.92 Å². The second kappa shape index (κ2) is 5.70. The van der Waals surface area contributed by atoms with Crippen molar-refractivity contribution in [1.82, 2.24) is 4.98 Å². The van der Waals surface area contributed by atoms with Gasteiger partial charge in [0.15, 0.2) is 0 Å². The van der Waals surface area contributed by atoms with Crippen LogP contribution in [0.5, 0.6) is 0 Å². The molecule has 0 saturated carbocycles. The van der Waals surface area contributed by atoms with Gasteiger partial charge in [0, 0.05) is 6.54 Å². The maximum absolute atomic E-state index is 12.4. The fraction of sp³-hybridized carbons (Fsp3) is 0.455. The quantitative estimate of drug-likeness (QED) is 0.856. The van der Waals surface area contributed by atoms with E-state index in [0.29, 0.717) is 6.42 Å². The molecule has 0 aliphatic carbocycles. The van der Waals surface area contributed by atoms with Crippen LogP contribution in [0.3, 0.4) is 0 Å². The first-order chi connectivity index (χ1) is 8.34. The number of alkyl halides is 3. The lowest BCUT2D eigenvalue weighted by molar-refractivity contribution is -0.142. The van der Waals surface area contributed by atoms with Crippen molar-refractivity contribution >= 4 is 11.8 Å². The van der Waals surface area contributed by atoms with E-state index in [4.69, 9.17) is 5.11 Å².